The van der Waals surface area contributed by atoms with Gasteiger partial charge in [0, 0.05) is 18.0 Å². The van der Waals surface area contributed by atoms with E-state index in [1.807, 2.05) is 0 Å². The van der Waals surface area contributed by atoms with Gasteiger partial charge in [0.1, 0.15) is 0 Å². The molecule has 2 aromatic rings. The minimum Gasteiger partial charge on any atom is -0.465 e. The molecule has 5 heteroatoms. The van der Waals surface area contributed by atoms with Crippen LogP contribution in [-0.2, 0) is 4.74 Å². The van der Waals surface area contributed by atoms with Gasteiger partial charge in [0.05, 0.1) is 23.7 Å². The maximum Gasteiger partial charge on any atom is 0.338 e. The molecule has 0 radical (unpaired) electrons. The van der Waals surface area contributed by atoms with Gasteiger partial charge in [-0.2, -0.15) is 0 Å². The quantitative estimate of drug-likeness (QED) is 0.579. The Morgan fingerprint density at radius 1 is 1.06 bits per heavy atom. The zero-order chi connectivity index (χ0) is 12.4. The van der Waals surface area contributed by atoms with Crippen LogP contribution < -0.4 is 0 Å². The fourth-order valence-corrected chi connectivity index (χ4v) is 1.58. The molecule has 0 aliphatic carbocycles. The van der Waals surface area contributed by atoms with E-state index in [2.05, 4.69) is 14.7 Å². The SMILES string of the molecule is COC(=O)c1cc2nccnc2cc1C(C)=O. The molecule has 0 fully saturated rings. The van der Waals surface area contributed by atoms with Crippen LogP contribution in [0.1, 0.15) is 27.6 Å². The maximum absolute atomic E-state index is 11.6. The Bertz CT molecular complexity index is 608. The summed E-state index contributed by atoms with van der Waals surface area (Å²) in [5.41, 5.74) is 1.64. The van der Waals surface area contributed by atoms with E-state index in [9.17, 15) is 9.59 Å². The van der Waals surface area contributed by atoms with Crippen LogP contribution >= 0.6 is 0 Å². The van der Waals surface area contributed by atoms with Crippen molar-refractivity contribution in [3.05, 3.63) is 35.7 Å². The van der Waals surface area contributed by atoms with Crippen LogP contribution in [0.15, 0.2) is 24.5 Å². The summed E-state index contributed by atoms with van der Waals surface area (Å²) >= 11 is 0. The van der Waals surface area contributed by atoms with E-state index < -0.39 is 5.97 Å². The van der Waals surface area contributed by atoms with Crippen molar-refractivity contribution in [3.63, 3.8) is 0 Å². The van der Waals surface area contributed by atoms with Gasteiger partial charge in [-0.25, -0.2) is 4.79 Å². The van der Waals surface area contributed by atoms with Crippen LogP contribution in [0.2, 0.25) is 0 Å². The Morgan fingerprint density at radius 2 is 1.59 bits per heavy atom. The Balaban J connectivity index is 2.75. The molecule has 86 valence electrons. The summed E-state index contributed by atoms with van der Waals surface area (Å²) < 4.78 is 4.64. The van der Waals surface area contributed by atoms with Gasteiger partial charge in [-0.1, -0.05) is 0 Å². The lowest BCUT2D eigenvalue weighted by molar-refractivity contribution is 0.0597. The molecule has 1 heterocycles. The highest BCUT2D eigenvalue weighted by molar-refractivity contribution is 6.08. The molecule has 0 aliphatic heterocycles. The topological polar surface area (TPSA) is 69.2 Å². The van der Waals surface area contributed by atoms with Crippen LogP contribution in [-0.4, -0.2) is 28.8 Å². The first-order valence-electron chi connectivity index (χ1n) is 4.97. The van der Waals surface area contributed by atoms with Gasteiger partial charge in [-0.15, -0.1) is 0 Å². The molecule has 5 nitrogen and oxygen atoms in total. The van der Waals surface area contributed by atoms with Crippen LogP contribution in [0.3, 0.4) is 0 Å². The number of aromatic nitrogens is 2. The molecule has 0 atom stereocenters. The number of benzene rings is 1. The number of esters is 1. The number of hydrogen-bond acceptors (Lipinski definition) is 5. The van der Waals surface area contributed by atoms with E-state index >= 15 is 0 Å². The zero-order valence-electron chi connectivity index (χ0n) is 9.43. The molecule has 2 rings (SSSR count). The molecule has 17 heavy (non-hydrogen) atoms. The Hall–Kier alpha value is -2.30. The number of carbonyl (C=O) groups is 2. The third-order valence-electron chi connectivity index (χ3n) is 2.39. The second-order valence-electron chi connectivity index (χ2n) is 3.49. The fourth-order valence-electron chi connectivity index (χ4n) is 1.58. The van der Waals surface area contributed by atoms with E-state index in [1.54, 1.807) is 6.07 Å². The lowest BCUT2D eigenvalue weighted by Crippen LogP contribution is -2.09. The molecular formula is C12H10N2O3. The van der Waals surface area contributed by atoms with Crippen molar-refractivity contribution < 1.29 is 14.3 Å². The lowest BCUT2D eigenvalue weighted by atomic mass is 10.0. The summed E-state index contributed by atoms with van der Waals surface area (Å²) in [5.74, 6) is -0.763. The summed E-state index contributed by atoms with van der Waals surface area (Å²) in [6.07, 6.45) is 3.06. The first kappa shape index (κ1) is 11.2. The predicted molar refractivity (Wildman–Crippen MR) is 60.9 cm³/mol. The van der Waals surface area contributed by atoms with Gasteiger partial charge in [0.15, 0.2) is 5.78 Å². The molecule has 0 bridgehead atoms. The molecule has 0 unspecified atom stereocenters. The number of fused-ring (bicyclic) bond motifs is 1. The van der Waals surface area contributed by atoms with E-state index in [-0.39, 0.29) is 11.3 Å². The van der Waals surface area contributed by atoms with Crippen LogP contribution in [0, 0.1) is 0 Å². The summed E-state index contributed by atoms with van der Waals surface area (Å²) in [4.78, 5) is 31.2. The molecule has 1 aromatic carbocycles. The maximum atomic E-state index is 11.6. The van der Waals surface area contributed by atoms with E-state index in [0.29, 0.717) is 16.6 Å². The molecule has 1 aromatic heterocycles. The van der Waals surface area contributed by atoms with Gasteiger partial charge < -0.3 is 4.74 Å². The van der Waals surface area contributed by atoms with Gasteiger partial charge >= 0.3 is 5.97 Å². The Morgan fingerprint density at radius 3 is 2.06 bits per heavy atom. The van der Waals surface area contributed by atoms with Crippen LogP contribution in [0.4, 0.5) is 0 Å². The summed E-state index contributed by atoms with van der Waals surface area (Å²) in [5, 5.41) is 0. The van der Waals surface area contributed by atoms with Crippen molar-refractivity contribution in [1.82, 2.24) is 9.97 Å². The van der Waals surface area contributed by atoms with Gasteiger partial charge in [-0.3, -0.25) is 14.8 Å². The van der Waals surface area contributed by atoms with Crippen molar-refractivity contribution in [1.29, 1.82) is 0 Å². The van der Waals surface area contributed by atoms with Crippen LogP contribution in [0.25, 0.3) is 11.0 Å². The van der Waals surface area contributed by atoms with Gasteiger partial charge in [0.25, 0.3) is 0 Å². The van der Waals surface area contributed by atoms with E-state index in [0.717, 1.165) is 0 Å². The van der Waals surface area contributed by atoms with Gasteiger partial charge in [0.2, 0.25) is 0 Å². The predicted octanol–water partition coefficient (Wildman–Crippen LogP) is 1.62. The number of carbonyl (C=O) groups excluding carboxylic acids is 2. The summed E-state index contributed by atoms with van der Waals surface area (Å²) in [7, 11) is 1.27. The largest absolute Gasteiger partial charge is 0.465 e. The standard InChI is InChI=1S/C12H10N2O3/c1-7(15)8-5-10-11(14-4-3-13-10)6-9(8)12(16)17-2/h3-6H,1-2H3. The first-order valence-corrected chi connectivity index (χ1v) is 4.97. The first-order chi connectivity index (χ1) is 8.13. The molecule has 0 spiro atoms. The van der Waals surface area contributed by atoms with Gasteiger partial charge in [-0.05, 0) is 19.1 Å². The second kappa shape index (κ2) is 4.29. The molecule has 0 N–H and O–H groups in total. The molecular weight excluding hydrogens is 220 g/mol. The van der Waals surface area contributed by atoms with E-state index in [4.69, 9.17) is 0 Å². The number of methoxy groups -OCH3 is 1. The van der Waals surface area contributed by atoms with Crippen molar-refractivity contribution >= 4 is 22.8 Å². The average Bonchev–Trinajstić information content (AvgIpc) is 2.36. The zero-order valence-corrected chi connectivity index (χ0v) is 9.43. The lowest BCUT2D eigenvalue weighted by Gasteiger charge is -2.06. The molecule has 0 amide bonds. The fraction of sp³-hybridized carbons (Fsp3) is 0.167. The van der Waals surface area contributed by atoms with Crippen molar-refractivity contribution in [3.8, 4) is 0 Å². The smallest absolute Gasteiger partial charge is 0.338 e. The number of nitrogens with zero attached hydrogens (tertiary/aromatic N) is 2. The highest BCUT2D eigenvalue weighted by atomic mass is 16.5. The third-order valence-corrected chi connectivity index (χ3v) is 2.39. The van der Waals surface area contributed by atoms with E-state index in [1.165, 1.54) is 32.5 Å². The second-order valence-corrected chi connectivity index (χ2v) is 3.49. The molecule has 0 saturated heterocycles. The summed E-state index contributed by atoms with van der Waals surface area (Å²) in [6, 6.07) is 3.07. The Labute approximate surface area is 97.4 Å². The van der Waals surface area contributed by atoms with Crippen LogP contribution in [0.5, 0.6) is 0 Å². The number of hydrogen-bond donors (Lipinski definition) is 0. The Kier molecular flexibility index (Phi) is 2.82. The number of ether oxygens (including phenoxy) is 1. The number of Topliss-reactive ketones (excluding diaryl/α,β-unsaturated/α-hetero) is 1. The highest BCUT2D eigenvalue weighted by Crippen LogP contribution is 2.18. The monoisotopic (exact) mass is 230 g/mol. The van der Waals surface area contributed by atoms with Crippen molar-refractivity contribution in [2.75, 3.05) is 7.11 Å². The van der Waals surface area contributed by atoms with Crippen molar-refractivity contribution in [2.24, 2.45) is 0 Å². The number of rotatable bonds is 2. The molecule has 0 saturated carbocycles. The summed E-state index contributed by atoms with van der Waals surface area (Å²) in [6.45, 7) is 1.39. The van der Waals surface area contributed by atoms with Crippen molar-refractivity contribution in [2.45, 2.75) is 6.92 Å². The third kappa shape index (κ3) is 1.99. The highest BCUT2D eigenvalue weighted by Gasteiger charge is 2.16. The number of ketones is 1. The molecule has 0 aliphatic rings. The average molecular weight is 230 g/mol. The normalized spacial score (nSPS) is 10.2. The minimum atomic E-state index is -0.553. The minimum absolute atomic E-state index is 0.210.